The predicted molar refractivity (Wildman–Crippen MR) is 139 cm³/mol. The molecule has 4 aliphatic heterocycles. The summed E-state index contributed by atoms with van der Waals surface area (Å²) in [5.41, 5.74) is 3.39. The first-order valence-electron chi connectivity index (χ1n) is 12.0. The van der Waals surface area contributed by atoms with E-state index in [4.69, 9.17) is 10.2 Å². The zero-order chi connectivity index (χ0) is 22.5. The van der Waals surface area contributed by atoms with E-state index in [1.165, 1.54) is 27.1 Å². The molecule has 4 aromatic carbocycles. The van der Waals surface area contributed by atoms with Gasteiger partial charge in [-0.15, -0.1) is 0 Å². The van der Waals surface area contributed by atoms with Gasteiger partial charge in [0, 0.05) is 25.2 Å². The highest BCUT2D eigenvalue weighted by molar-refractivity contribution is 6.13. The van der Waals surface area contributed by atoms with Gasteiger partial charge in [0.05, 0.1) is 37.3 Å². The normalized spacial score (nSPS) is 28.4. The van der Waals surface area contributed by atoms with Gasteiger partial charge in [0.1, 0.15) is 0 Å². The third-order valence-corrected chi connectivity index (χ3v) is 7.49. The summed E-state index contributed by atoms with van der Waals surface area (Å²) >= 11 is 0. The number of rotatable bonds is 4. The van der Waals surface area contributed by atoms with Crippen molar-refractivity contribution in [1.82, 2.24) is 14.7 Å². The Morgan fingerprint density at radius 3 is 1.79 bits per heavy atom. The quantitative estimate of drug-likeness (QED) is 0.261. The zero-order valence-corrected chi connectivity index (χ0v) is 19.1. The van der Waals surface area contributed by atoms with Crippen LogP contribution in [-0.2, 0) is 0 Å². The van der Waals surface area contributed by atoms with E-state index in [0.717, 1.165) is 50.9 Å². The monoisotopic (exact) mass is 445 g/mol. The predicted octanol–water partition coefficient (Wildman–Crippen LogP) is 4.62. The molecule has 4 bridgehead atoms. The van der Waals surface area contributed by atoms with Crippen molar-refractivity contribution in [1.29, 1.82) is 0 Å². The lowest BCUT2D eigenvalue weighted by atomic mass is 9.74. The molecule has 34 heavy (non-hydrogen) atoms. The van der Waals surface area contributed by atoms with Gasteiger partial charge < -0.3 is 0 Å². The van der Waals surface area contributed by atoms with Crippen LogP contribution in [-0.4, -0.2) is 66.3 Å². The fourth-order valence-corrected chi connectivity index (χ4v) is 6.34. The van der Waals surface area contributed by atoms with Gasteiger partial charge in [-0.05, 0) is 33.2 Å². The van der Waals surface area contributed by atoms with Crippen molar-refractivity contribution in [2.24, 2.45) is 15.6 Å². The highest BCUT2D eigenvalue weighted by atomic mass is 15.5. The Morgan fingerprint density at radius 1 is 0.676 bits per heavy atom. The molecule has 5 nitrogen and oxygen atoms in total. The SMILES string of the molecule is C(=N\N=C(c1ccccc1)C12CN3CN(CN(C3)C1)C2)/c1c2ccccc2cc2ccccc12. The fourth-order valence-electron chi connectivity index (χ4n) is 6.34. The Kier molecular flexibility index (Phi) is 4.62. The summed E-state index contributed by atoms with van der Waals surface area (Å²) in [7, 11) is 0. The van der Waals surface area contributed by atoms with Crippen molar-refractivity contribution in [3.8, 4) is 0 Å². The minimum absolute atomic E-state index is 0.0196. The van der Waals surface area contributed by atoms with Gasteiger partial charge in [0.15, 0.2) is 0 Å². The second-order valence-corrected chi connectivity index (χ2v) is 9.98. The third-order valence-electron chi connectivity index (χ3n) is 7.49. The highest BCUT2D eigenvalue weighted by Gasteiger charge is 2.51. The van der Waals surface area contributed by atoms with E-state index in [9.17, 15) is 0 Å². The van der Waals surface area contributed by atoms with E-state index in [2.05, 4.69) is 99.6 Å². The first-order valence-corrected chi connectivity index (χ1v) is 12.0. The summed E-state index contributed by atoms with van der Waals surface area (Å²) in [5.74, 6) is 0. The summed E-state index contributed by atoms with van der Waals surface area (Å²) in [6.45, 7) is 6.31. The van der Waals surface area contributed by atoms with Crippen LogP contribution in [0.1, 0.15) is 11.1 Å². The molecule has 5 heteroatoms. The second-order valence-electron chi connectivity index (χ2n) is 9.98. The Balaban J connectivity index is 1.36. The molecule has 8 rings (SSSR count). The van der Waals surface area contributed by atoms with Crippen LogP contribution in [0.2, 0.25) is 0 Å². The van der Waals surface area contributed by atoms with Gasteiger partial charge in [-0.25, -0.2) is 0 Å². The van der Waals surface area contributed by atoms with Crippen molar-refractivity contribution < 1.29 is 0 Å². The van der Waals surface area contributed by atoms with Crippen LogP contribution >= 0.6 is 0 Å². The number of hydrogen-bond acceptors (Lipinski definition) is 5. The molecule has 0 amide bonds. The lowest BCUT2D eigenvalue weighted by Gasteiger charge is -2.60. The van der Waals surface area contributed by atoms with Crippen molar-refractivity contribution in [3.05, 3.63) is 96.1 Å². The van der Waals surface area contributed by atoms with E-state index < -0.39 is 0 Å². The molecule has 4 saturated heterocycles. The minimum atomic E-state index is -0.0196. The van der Waals surface area contributed by atoms with E-state index in [1.54, 1.807) is 0 Å². The topological polar surface area (TPSA) is 34.4 Å². The molecular formula is C29H27N5. The highest BCUT2D eigenvalue weighted by Crippen LogP contribution is 2.38. The summed E-state index contributed by atoms with van der Waals surface area (Å²) in [6, 6.07) is 30.0. The number of nitrogens with zero attached hydrogens (tertiary/aromatic N) is 5. The second kappa shape index (κ2) is 7.84. The Hall–Kier alpha value is -3.38. The molecule has 0 saturated carbocycles. The maximum Gasteiger partial charge on any atom is 0.0802 e. The average Bonchev–Trinajstić information content (AvgIpc) is 2.85. The average molecular weight is 446 g/mol. The van der Waals surface area contributed by atoms with Gasteiger partial charge in [-0.3, -0.25) is 14.7 Å². The van der Waals surface area contributed by atoms with Crippen LogP contribution in [0.25, 0.3) is 21.5 Å². The fraction of sp³-hybridized carbons (Fsp3) is 0.241. The molecule has 4 heterocycles. The van der Waals surface area contributed by atoms with Crippen molar-refractivity contribution in [3.63, 3.8) is 0 Å². The molecule has 4 aliphatic rings. The van der Waals surface area contributed by atoms with Crippen LogP contribution in [0, 0.1) is 5.41 Å². The van der Waals surface area contributed by atoms with Gasteiger partial charge >= 0.3 is 0 Å². The molecule has 168 valence electrons. The van der Waals surface area contributed by atoms with Crippen LogP contribution in [0.3, 0.4) is 0 Å². The van der Waals surface area contributed by atoms with Crippen LogP contribution in [0.4, 0.5) is 0 Å². The van der Waals surface area contributed by atoms with Crippen molar-refractivity contribution >= 4 is 33.5 Å². The largest absolute Gasteiger partial charge is 0.276 e. The lowest BCUT2D eigenvalue weighted by molar-refractivity contribution is -0.149. The molecular weight excluding hydrogens is 418 g/mol. The first kappa shape index (κ1) is 20.0. The van der Waals surface area contributed by atoms with Crippen LogP contribution in [0.5, 0.6) is 0 Å². The van der Waals surface area contributed by atoms with Crippen molar-refractivity contribution in [2.75, 3.05) is 39.6 Å². The molecule has 0 N–H and O–H groups in total. The molecule has 4 aromatic rings. The minimum Gasteiger partial charge on any atom is -0.276 e. The Bertz CT molecular complexity index is 1350. The van der Waals surface area contributed by atoms with E-state index >= 15 is 0 Å². The van der Waals surface area contributed by atoms with E-state index in [-0.39, 0.29) is 5.41 Å². The molecule has 0 aromatic heterocycles. The zero-order valence-electron chi connectivity index (χ0n) is 19.1. The molecule has 0 aliphatic carbocycles. The molecule has 0 unspecified atom stereocenters. The standard InChI is InChI=1S/C29H27N5/c1-2-8-22(9-3-1)28(29-16-32-19-33(17-29)21-34(18-29)20-32)31-30-15-27-25-12-6-4-10-23(25)14-24-11-5-7-13-26(24)27/h1-15H,16-21H2/b30-15+,31-28?. The lowest BCUT2D eigenvalue weighted by Crippen LogP contribution is -2.74. The maximum atomic E-state index is 5.00. The molecule has 0 radical (unpaired) electrons. The smallest absolute Gasteiger partial charge is 0.0802 e. The van der Waals surface area contributed by atoms with Gasteiger partial charge in [0.2, 0.25) is 0 Å². The maximum absolute atomic E-state index is 5.00. The number of fused-ring (bicyclic) bond motifs is 2. The van der Waals surface area contributed by atoms with Crippen LogP contribution in [0.15, 0.2) is 95.1 Å². The Morgan fingerprint density at radius 2 is 1.21 bits per heavy atom. The summed E-state index contributed by atoms with van der Waals surface area (Å²) < 4.78 is 0. The van der Waals surface area contributed by atoms with Crippen LogP contribution < -0.4 is 0 Å². The molecule has 0 spiro atoms. The van der Waals surface area contributed by atoms with Gasteiger partial charge in [0.25, 0.3) is 0 Å². The van der Waals surface area contributed by atoms with E-state index in [0.29, 0.717) is 0 Å². The van der Waals surface area contributed by atoms with Gasteiger partial charge in [-0.1, -0.05) is 78.9 Å². The van der Waals surface area contributed by atoms with E-state index in [1.807, 2.05) is 6.21 Å². The molecule has 4 fully saturated rings. The first-order chi connectivity index (χ1) is 16.8. The number of hydrogen-bond donors (Lipinski definition) is 0. The summed E-state index contributed by atoms with van der Waals surface area (Å²) in [4.78, 5) is 7.62. The third kappa shape index (κ3) is 3.28. The van der Waals surface area contributed by atoms with Gasteiger partial charge in [-0.2, -0.15) is 10.2 Å². The summed E-state index contributed by atoms with van der Waals surface area (Å²) in [6.07, 6.45) is 1.97. The number of benzene rings is 4. The molecule has 0 atom stereocenters. The van der Waals surface area contributed by atoms with Crippen molar-refractivity contribution in [2.45, 2.75) is 0 Å². The Labute approximate surface area is 199 Å². The summed E-state index contributed by atoms with van der Waals surface area (Å²) in [5, 5.41) is 14.7.